The lowest BCUT2D eigenvalue weighted by Crippen LogP contribution is -2.20. The van der Waals surface area contributed by atoms with E-state index in [1.165, 1.54) is 12.1 Å². The predicted octanol–water partition coefficient (Wildman–Crippen LogP) is 1.08. The Hall–Kier alpha value is -1.13. The lowest BCUT2D eigenvalue weighted by molar-refractivity contribution is 0.281. The van der Waals surface area contributed by atoms with Gasteiger partial charge in [0, 0.05) is 18.3 Å². The standard InChI is InChI=1S/C10H15FN2O/c1-7(6-14)13-10-3-2-9(11)4-8(10)5-12/h2-4,7,13-14H,5-6,12H2,1H3. The van der Waals surface area contributed by atoms with Crippen LogP contribution in [0.3, 0.4) is 0 Å². The lowest BCUT2D eigenvalue weighted by Gasteiger charge is -2.15. The first-order valence-corrected chi connectivity index (χ1v) is 4.53. The van der Waals surface area contributed by atoms with Crippen molar-refractivity contribution in [1.82, 2.24) is 0 Å². The third kappa shape index (κ3) is 2.68. The van der Waals surface area contributed by atoms with E-state index in [-0.39, 0.29) is 25.0 Å². The van der Waals surface area contributed by atoms with E-state index in [1.54, 1.807) is 6.07 Å². The molecule has 0 saturated heterocycles. The van der Waals surface area contributed by atoms with Crippen molar-refractivity contribution in [2.24, 2.45) is 5.73 Å². The Labute approximate surface area is 82.7 Å². The van der Waals surface area contributed by atoms with Crippen molar-refractivity contribution in [1.29, 1.82) is 0 Å². The summed E-state index contributed by atoms with van der Waals surface area (Å²) in [6, 6.07) is 4.33. The van der Waals surface area contributed by atoms with Crippen LogP contribution in [0.4, 0.5) is 10.1 Å². The van der Waals surface area contributed by atoms with Gasteiger partial charge >= 0.3 is 0 Å². The summed E-state index contributed by atoms with van der Waals surface area (Å²) in [5.41, 5.74) is 6.95. The zero-order valence-corrected chi connectivity index (χ0v) is 8.13. The van der Waals surface area contributed by atoms with Gasteiger partial charge in [-0.05, 0) is 30.7 Å². The maximum Gasteiger partial charge on any atom is 0.123 e. The summed E-state index contributed by atoms with van der Waals surface area (Å²) in [5.74, 6) is -0.298. The van der Waals surface area contributed by atoms with E-state index < -0.39 is 0 Å². The molecule has 1 rings (SSSR count). The molecule has 0 amide bonds. The van der Waals surface area contributed by atoms with Crippen molar-refractivity contribution >= 4 is 5.69 Å². The van der Waals surface area contributed by atoms with Gasteiger partial charge in [-0.25, -0.2) is 4.39 Å². The molecule has 1 aromatic carbocycles. The molecule has 4 N–H and O–H groups in total. The Kier molecular flexibility index (Phi) is 3.85. The number of nitrogens with one attached hydrogen (secondary N) is 1. The zero-order valence-electron chi connectivity index (χ0n) is 8.13. The minimum atomic E-state index is -0.298. The van der Waals surface area contributed by atoms with Gasteiger partial charge in [0.25, 0.3) is 0 Å². The molecule has 0 fully saturated rings. The molecule has 0 spiro atoms. The fourth-order valence-corrected chi connectivity index (χ4v) is 1.18. The lowest BCUT2D eigenvalue weighted by atomic mass is 10.1. The molecular formula is C10H15FN2O. The highest BCUT2D eigenvalue weighted by Crippen LogP contribution is 2.17. The van der Waals surface area contributed by atoms with Gasteiger partial charge in [0.2, 0.25) is 0 Å². The Bertz CT molecular complexity index is 304. The summed E-state index contributed by atoms with van der Waals surface area (Å²) in [7, 11) is 0. The van der Waals surface area contributed by atoms with Crippen molar-refractivity contribution in [3.8, 4) is 0 Å². The molecule has 78 valence electrons. The molecule has 1 atom stereocenters. The Morgan fingerprint density at radius 3 is 2.86 bits per heavy atom. The number of hydrogen-bond donors (Lipinski definition) is 3. The highest BCUT2D eigenvalue weighted by atomic mass is 19.1. The van der Waals surface area contributed by atoms with Crippen molar-refractivity contribution in [2.45, 2.75) is 19.5 Å². The van der Waals surface area contributed by atoms with Crippen LogP contribution in [0.15, 0.2) is 18.2 Å². The normalized spacial score (nSPS) is 12.6. The fraction of sp³-hybridized carbons (Fsp3) is 0.400. The van der Waals surface area contributed by atoms with Crippen molar-refractivity contribution in [3.05, 3.63) is 29.6 Å². The Balaban J connectivity index is 2.85. The SMILES string of the molecule is CC(CO)Nc1ccc(F)cc1CN. The molecule has 1 unspecified atom stereocenters. The third-order valence-electron chi connectivity index (χ3n) is 1.96. The molecule has 0 heterocycles. The first-order valence-electron chi connectivity index (χ1n) is 4.53. The monoisotopic (exact) mass is 198 g/mol. The van der Waals surface area contributed by atoms with Crippen LogP contribution in [0.25, 0.3) is 0 Å². The number of benzene rings is 1. The number of hydrogen-bond acceptors (Lipinski definition) is 3. The average molecular weight is 198 g/mol. The minimum absolute atomic E-state index is 0.0292. The largest absolute Gasteiger partial charge is 0.394 e. The van der Waals surface area contributed by atoms with Crippen LogP contribution in [0.1, 0.15) is 12.5 Å². The summed E-state index contributed by atoms with van der Waals surface area (Å²) >= 11 is 0. The summed E-state index contributed by atoms with van der Waals surface area (Å²) in [5, 5.41) is 11.9. The van der Waals surface area contributed by atoms with E-state index in [2.05, 4.69) is 5.32 Å². The van der Waals surface area contributed by atoms with Crippen LogP contribution < -0.4 is 11.1 Å². The van der Waals surface area contributed by atoms with Gasteiger partial charge in [0.05, 0.1) is 6.61 Å². The van der Waals surface area contributed by atoms with Crippen molar-refractivity contribution in [2.75, 3.05) is 11.9 Å². The summed E-state index contributed by atoms with van der Waals surface area (Å²) in [4.78, 5) is 0. The second-order valence-corrected chi connectivity index (χ2v) is 3.23. The molecule has 0 radical (unpaired) electrons. The van der Waals surface area contributed by atoms with Gasteiger partial charge in [0.15, 0.2) is 0 Å². The summed E-state index contributed by atoms with van der Waals surface area (Å²) in [6.45, 7) is 2.14. The van der Waals surface area contributed by atoms with E-state index in [9.17, 15) is 4.39 Å². The first-order chi connectivity index (χ1) is 6.67. The Morgan fingerprint density at radius 2 is 2.29 bits per heavy atom. The van der Waals surface area contributed by atoms with Gasteiger partial charge in [-0.2, -0.15) is 0 Å². The second-order valence-electron chi connectivity index (χ2n) is 3.23. The number of aliphatic hydroxyl groups is 1. The minimum Gasteiger partial charge on any atom is -0.394 e. The second kappa shape index (κ2) is 4.93. The van der Waals surface area contributed by atoms with Crippen molar-refractivity contribution < 1.29 is 9.50 Å². The predicted molar refractivity (Wildman–Crippen MR) is 54.5 cm³/mol. The topological polar surface area (TPSA) is 58.3 Å². The van der Waals surface area contributed by atoms with Gasteiger partial charge in [-0.1, -0.05) is 0 Å². The van der Waals surface area contributed by atoms with Gasteiger partial charge in [0.1, 0.15) is 5.82 Å². The molecule has 0 aliphatic rings. The van der Waals surface area contributed by atoms with E-state index in [0.717, 1.165) is 5.69 Å². The van der Waals surface area contributed by atoms with Gasteiger partial charge in [-0.15, -0.1) is 0 Å². The van der Waals surface area contributed by atoms with E-state index in [4.69, 9.17) is 10.8 Å². The molecule has 4 heteroatoms. The number of halogens is 1. The van der Waals surface area contributed by atoms with E-state index in [1.807, 2.05) is 6.92 Å². The van der Waals surface area contributed by atoms with Crippen molar-refractivity contribution in [3.63, 3.8) is 0 Å². The number of rotatable bonds is 4. The maximum absolute atomic E-state index is 12.8. The highest BCUT2D eigenvalue weighted by Gasteiger charge is 2.05. The molecule has 0 aliphatic heterocycles. The van der Waals surface area contributed by atoms with E-state index >= 15 is 0 Å². The van der Waals surface area contributed by atoms with Gasteiger partial charge < -0.3 is 16.2 Å². The molecule has 3 nitrogen and oxygen atoms in total. The van der Waals surface area contributed by atoms with Crippen LogP contribution in [-0.4, -0.2) is 17.8 Å². The van der Waals surface area contributed by atoms with Crippen LogP contribution in [-0.2, 0) is 6.54 Å². The smallest absolute Gasteiger partial charge is 0.123 e. The van der Waals surface area contributed by atoms with Gasteiger partial charge in [-0.3, -0.25) is 0 Å². The summed E-state index contributed by atoms with van der Waals surface area (Å²) in [6.07, 6.45) is 0. The Morgan fingerprint density at radius 1 is 1.57 bits per heavy atom. The van der Waals surface area contributed by atoms with Crippen LogP contribution >= 0.6 is 0 Å². The molecule has 14 heavy (non-hydrogen) atoms. The zero-order chi connectivity index (χ0) is 10.6. The quantitative estimate of drug-likeness (QED) is 0.678. The summed E-state index contributed by atoms with van der Waals surface area (Å²) < 4.78 is 12.8. The number of nitrogens with two attached hydrogens (primary N) is 1. The first kappa shape index (κ1) is 10.9. The highest BCUT2D eigenvalue weighted by molar-refractivity contribution is 5.51. The third-order valence-corrected chi connectivity index (χ3v) is 1.96. The molecule has 0 bridgehead atoms. The molecule has 0 aromatic heterocycles. The van der Waals surface area contributed by atoms with E-state index in [0.29, 0.717) is 5.56 Å². The number of aliphatic hydroxyl groups excluding tert-OH is 1. The number of anilines is 1. The fourth-order valence-electron chi connectivity index (χ4n) is 1.18. The van der Waals surface area contributed by atoms with Crippen LogP contribution in [0, 0.1) is 5.82 Å². The average Bonchev–Trinajstić information content (AvgIpc) is 2.20. The molecule has 1 aromatic rings. The molecular weight excluding hydrogens is 183 g/mol. The maximum atomic E-state index is 12.8. The molecule has 0 saturated carbocycles. The van der Waals surface area contributed by atoms with Crippen LogP contribution in [0.2, 0.25) is 0 Å². The molecule has 0 aliphatic carbocycles. The van der Waals surface area contributed by atoms with Crippen LogP contribution in [0.5, 0.6) is 0 Å².